The van der Waals surface area contributed by atoms with Crippen molar-refractivity contribution in [2.24, 2.45) is 0 Å². The van der Waals surface area contributed by atoms with Crippen LogP contribution in [0.5, 0.6) is 0 Å². The van der Waals surface area contributed by atoms with E-state index in [0.717, 1.165) is 29.2 Å². The molecule has 0 aromatic carbocycles. The SMILES string of the molecule is O=C(CC[S+]([O-])CCC(=O)NCON1C(=O)C=CC1=O)NCCN1C(=O)C=CC1=O. The van der Waals surface area contributed by atoms with Crippen LogP contribution in [0, 0.1) is 0 Å². The molecule has 6 amide bonds. The predicted molar refractivity (Wildman–Crippen MR) is 101 cm³/mol. The number of hydroxylamine groups is 2. The molecule has 0 radical (unpaired) electrons. The Morgan fingerprint density at radius 1 is 0.867 bits per heavy atom. The Morgan fingerprint density at radius 3 is 1.93 bits per heavy atom. The number of nitrogens with one attached hydrogen (secondary N) is 2. The van der Waals surface area contributed by atoms with Crippen molar-refractivity contribution in [2.75, 3.05) is 31.3 Å². The fraction of sp³-hybridized carbons (Fsp3) is 0.412. The van der Waals surface area contributed by atoms with Gasteiger partial charge in [-0.3, -0.25) is 33.7 Å². The molecular weight excluding hydrogens is 420 g/mol. The van der Waals surface area contributed by atoms with Gasteiger partial charge >= 0.3 is 0 Å². The number of nitrogens with zero attached hydrogens (tertiary/aromatic N) is 2. The monoisotopic (exact) mass is 440 g/mol. The summed E-state index contributed by atoms with van der Waals surface area (Å²) in [6, 6.07) is 0. The zero-order chi connectivity index (χ0) is 22.1. The topological polar surface area (TPSA) is 165 Å². The van der Waals surface area contributed by atoms with Crippen LogP contribution in [-0.4, -0.2) is 81.3 Å². The van der Waals surface area contributed by atoms with Gasteiger partial charge in [-0.25, -0.2) is 4.84 Å². The quantitative estimate of drug-likeness (QED) is 0.191. The highest BCUT2D eigenvalue weighted by Crippen LogP contribution is 2.04. The van der Waals surface area contributed by atoms with Gasteiger partial charge in [0.25, 0.3) is 23.6 Å². The van der Waals surface area contributed by atoms with Gasteiger partial charge in [0, 0.05) is 37.4 Å². The van der Waals surface area contributed by atoms with Crippen molar-refractivity contribution in [3.63, 3.8) is 0 Å². The van der Waals surface area contributed by atoms with Crippen molar-refractivity contribution in [1.29, 1.82) is 0 Å². The van der Waals surface area contributed by atoms with E-state index in [2.05, 4.69) is 10.6 Å². The van der Waals surface area contributed by atoms with Crippen LogP contribution in [0.25, 0.3) is 0 Å². The molecule has 2 N–H and O–H groups in total. The normalized spacial score (nSPS) is 16.6. The van der Waals surface area contributed by atoms with Gasteiger partial charge in [-0.1, -0.05) is 11.2 Å². The van der Waals surface area contributed by atoms with Gasteiger partial charge in [0.1, 0.15) is 18.2 Å². The Balaban J connectivity index is 1.51. The van der Waals surface area contributed by atoms with E-state index in [4.69, 9.17) is 4.84 Å². The van der Waals surface area contributed by atoms with Crippen LogP contribution in [0.2, 0.25) is 0 Å². The summed E-state index contributed by atoms with van der Waals surface area (Å²) in [4.78, 5) is 74.4. The molecule has 1 unspecified atom stereocenters. The Labute approximate surface area is 174 Å². The molecule has 13 heteroatoms. The molecule has 0 aliphatic carbocycles. The fourth-order valence-corrected chi connectivity index (χ4v) is 3.37. The third kappa shape index (κ3) is 7.09. The largest absolute Gasteiger partial charge is 0.616 e. The number of carbonyl (C=O) groups excluding carboxylic acids is 6. The van der Waals surface area contributed by atoms with E-state index in [9.17, 15) is 33.3 Å². The maximum absolute atomic E-state index is 11.9. The molecule has 0 aromatic rings. The Bertz CT molecular complexity index is 697. The first kappa shape index (κ1) is 23.3. The van der Waals surface area contributed by atoms with Gasteiger partial charge in [0.2, 0.25) is 11.8 Å². The zero-order valence-corrected chi connectivity index (χ0v) is 16.6. The van der Waals surface area contributed by atoms with Gasteiger partial charge in [-0.15, -0.1) is 5.06 Å². The van der Waals surface area contributed by atoms with Crippen molar-refractivity contribution < 1.29 is 38.2 Å². The molecule has 0 fully saturated rings. The molecule has 0 bridgehead atoms. The number of amides is 6. The highest BCUT2D eigenvalue weighted by atomic mass is 32.2. The first-order valence-electron chi connectivity index (χ1n) is 8.89. The van der Waals surface area contributed by atoms with Gasteiger partial charge in [0.05, 0.1) is 12.8 Å². The Morgan fingerprint density at radius 2 is 1.37 bits per heavy atom. The van der Waals surface area contributed by atoms with Crippen LogP contribution in [0.4, 0.5) is 0 Å². The minimum Gasteiger partial charge on any atom is -0.616 e. The smallest absolute Gasteiger partial charge is 0.278 e. The van der Waals surface area contributed by atoms with E-state index in [1.165, 1.54) is 0 Å². The van der Waals surface area contributed by atoms with Crippen molar-refractivity contribution in [3.8, 4) is 0 Å². The van der Waals surface area contributed by atoms with E-state index in [-0.39, 0.29) is 43.3 Å². The molecule has 162 valence electrons. The minimum atomic E-state index is -1.42. The third-order valence-corrected chi connectivity index (χ3v) is 5.22. The van der Waals surface area contributed by atoms with Crippen LogP contribution in [0.1, 0.15) is 12.8 Å². The maximum Gasteiger partial charge on any atom is 0.278 e. The lowest BCUT2D eigenvalue weighted by molar-refractivity contribution is -0.188. The average molecular weight is 440 g/mol. The Hall–Kier alpha value is -3.03. The summed E-state index contributed by atoms with van der Waals surface area (Å²) >= 11 is -1.42. The molecule has 2 aliphatic rings. The van der Waals surface area contributed by atoms with E-state index >= 15 is 0 Å². The van der Waals surface area contributed by atoms with E-state index in [1.54, 1.807) is 0 Å². The van der Waals surface area contributed by atoms with Crippen LogP contribution < -0.4 is 10.6 Å². The molecule has 0 aromatic heterocycles. The summed E-state index contributed by atoms with van der Waals surface area (Å²) < 4.78 is 11.9. The number of imide groups is 2. The number of hydrogen-bond acceptors (Lipinski definition) is 8. The summed E-state index contributed by atoms with van der Waals surface area (Å²) in [5, 5.41) is 5.35. The molecule has 2 aliphatic heterocycles. The number of carbonyl (C=O) groups is 6. The van der Waals surface area contributed by atoms with Crippen LogP contribution in [-0.2, 0) is 44.8 Å². The lowest BCUT2D eigenvalue weighted by atomic mass is 10.4. The summed E-state index contributed by atoms with van der Waals surface area (Å²) in [5.74, 6) is -2.99. The second-order valence-corrected chi connectivity index (χ2v) is 7.73. The molecule has 0 saturated carbocycles. The molecular formula is C17H20N4O8S. The lowest BCUT2D eigenvalue weighted by Crippen LogP contribution is -2.38. The van der Waals surface area contributed by atoms with E-state index in [0.29, 0.717) is 5.06 Å². The number of hydrogen-bond donors (Lipinski definition) is 2. The van der Waals surface area contributed by atoms with Crippen LogP contribution >= 0.6 is 0 Å². The molecule has 0 saturated heterocycles. The second kappa shape index (κ2) is 11.2. The standard InChI is InChI=1S/C17H20N4O8S/c22-12(18-7-8-20-14(24)1-2-15(20)25)5-9-30(28)10-6-13(23)19-11-29-21-16(26)3-4-17(21)27/h1-4H,5-11H2,(H,18,22)(H,19,23). The van der Waals surface area contributed by atoms with Crippen molar-refractivity contribution in [1.82, 2.24) is 20.6 Å². The molecule has 2 heterocycles. The second-order valence-electron chi connectivity index (χ2n) is 6.04. The van der Waals surface area contributed by atoms with Gasteiger partial charge in [-0.2, -0.15) is 0 Å². The Kier molecular flexibility index (Phi) is 8.70. The summed E-state index contributed by atoms with van der Waals surface area (Å²) in [6.45, 7) is -0.262. The summed E-state index contributed by atoms with van der Waals surface area (Å²) in [5.41, 5.74) is 0. The van der Waals surface area contributed by atoms with Crippen molar-refractivity contribution in [3.05, 3.63) is 24.3 Å². The highest BCUT2D eigenvalue weighted by molar-refractivity contribution is 7.91. The maximum atomic E-state index is 11.9. The highest BCUT2D eigenvalue weighted by Gasteiger charge is 2.25. The lowest BCUT2D eigenvalue weighted by Gasteiger charge is -2.15. The molecule has 12 nitrogen and oxygen atoms in total. The van der Waals surface area contributed by atoms with Crippen molar-refractivity contribution in [2.45, 2.75) is 12.8 Å². The molecule has 0 spiro atoms. The predicted octanol–water partition coefficient (Wildman–Crippen LogP) is -2.51. The minimum absolute atomic E-state index is 0.0185. The zero-order valence-electron chi connectivity index (χ0n) is 15.8. The van der Waals surface area contributed by atoms with Gasteiger partial charge in [-0.05, 0) is 0 Å². The third-order valence-electron chi connectivity index (χ3n) is 3.90. The first-order chi connectivity index (χ1) is 14.3. The first-order valence-corrected chi connectivity index (χ1v) is 10.4. The van der Waals surface area contributed by atoms with E-state index < -0.39 is 47.4 Å². The van der Waals surface area contributed by atoms with Gasteiger partial charge in [0.15, 0.2) is 0 Å². The molecule has 2 rings (SSSR count). The van der Waals surface area contributed by atoms with Crippen LogP contribution in [0.3, 0.4) is 0 Å². The number of rotatable bonds is 12. The molecule has 1 atom stereocenters. The summed E-state index contributed by atoms with van der Waals surface area (Å²) in [6.07, 6.45) is 4.24. The van der Waals surface area contributed by atoms with Crippen molar-refractivity contribution >= 4 is 46.6 Å². The summed E-state index contributed by atoms with van der Waals surface area (Å²) in [7, 11) is 0. The van der Waals surface area contributed by atoms with E-state index in [1.807, 2.05) is 0 Å². The van der Waals surface area contributed by atoms with Gasteiger partial charge < -0.3 is 15.2 Å². The van der Waals surface area contributed by atoms with Crippen LogP contribution in [0.15, 0.2) is 24.3 Å². The molecule has 30 heavy (non-hydrogen) atoms. The average Bonchev–Trinajstić information content (AvgIpc) is 3.20. The fourth-order valence-electron chi connectivity index (χ4n) is 2.34.